The summed E-state index contributed by atoms with van der Waals surface area (Å²) in [5.74, 6) is -4.34. The van der Waals surface area contributed by atoms with Crippen LogP contribution in [0.4, 0.5) is 0 Å². The van der Waals surface area contributed by atoms with Gasteiger partial charge >= 0.3 is 11.9 Å². The van der Waals surface area contributed by atoms with Crippen LogP contribution in [0.15, 0.2) is 30.3 Å². The van der Waals surface area contributed by atoms with Crippen LogP contribution in [0.2, 0.25) is 0 Å². The van der Waals surface area contributed by atoms with Crippen LogP contribution in [0.1, 0.15) is 37.0 Å². The molecule has 1 aliphatic heterocycles. The smallest absolute Gasteiger partial charge is 0.338 e. The summed E-state index contributed by atoms with van der Waals surface area (Å²) in [5.41, 5.74) is -8.15. The van der Waals surface area contributed by atoms with E-state index >= 15 is 0 Å². The van der Waals surface area contributed by atoms with E-state index in [4.69, 9.17) is 28.4 Å². The topological polar surface area (TPSA) is 174 Å². The van der Waals surface area contributed by atoms with Crippen LogP contribution in [-0.2, 0) is 33.2 Å². The minimum absolute atomic E-state index is 0.119. The van der Waals surface area contributed by atoms with E-state index in [2.05, 4.69) is 4.90 Å². The molecule has 0 aromatic heterocycles. The number of methoxy groups -OCH3 is 4. The number of piperidine rings is 1. The van der Waals surface area contributed by atoms with E-state index in [-0.39, 0.29) is 18.6 Å². The molecule has 47 heavy (non-hydrogen) atoms. The van der Waals surface area contributed by atoms with Crippen molar-refractivity contribution in [2.45, 2.75) is 86.2 Å². The molecular formula is C34H47NO12. The van der Waals surface area contributed by atoms with Gasteiger partial charge in [0.05, 0.1) is 42.0 Å². The Bertz CT molecular complexity index is 1410. The number of likely N-dealkylation sites (tertiary alicyclic amines) is 1. The molecule has 13 nitrogen and oxygen atoms in total. The predicted molar refractivity (Wildman–Crippen MR) is 162 cm³/mol. The quantitative estimate of drug-likeness (QED) is 0.256. The van der Waals surface area contributed by atoms with Gasteiger partial charge in [-0.15, -0.1) is 0 Å². The SMILES string of the molecule is CCN1C[C@]2(COC)[C@H](O)C[C@H](OC)[C@@]34[C@@H]2[C@@H](OC)C([C@@H]13)[C@]1(OC(C)=O)[C@H]2[C@@H](OC(=O)c3ccccc3)[C@](O)(C[C@]24O)[C@@H](OC)[C@@H]1O. The van der Waals surface area contributed by atoms with Crippen LogP contribution in [-0.4, -0.2) is 145 Å². The molecule has 0 radical (unpaired) electrons. The standard InChI is InChI=1S/C34H47NO12/c1-7-35-15-30(16-42-3)19(37)13-20(43-4)33-23(30)22(44-5)21(25(33)35)34(47-17(2)36)24-27(46-29(39)18-11-9-8-10-12-18)31(40,14-32(24,33)41)28(45-6)26(34)38/h8-12,19-28,37-38,40-41H,7,13-16H2,1-6H3/t19-,20+,21?,22+,23-,24+,25-,26+,27-,28+,30+,31-,32+,33-,34+/m1/s1. The number of aliphatic hydroxyl groups is 4. The fourth-order valence-electron chi connectivity index (χ4n) is 12.3. The van der Waals surface area contributed by atoms with Crippen LogP contribution in [0.25, 0.3) is 0 Å². The number of fused-ring (bicyclic) bond motifs is 2. The van der Waals surface area contributed by atoms with Gasteiger partial charge < -0.3 is 48.8 Å². The molecular weight excluding hydrogens is 614 g/mol. The zero-order chi connectivity index (χ0) is 33.9. The highest BCUT2D eigenvalue weighted by Gasteiger charge is 2.96. The molecule has 5 aliphatic carbocycles. The lowest BCUT2D eigenvalue weighted by Crippen LogP contribution is -2.85. The number of esters is 2. The van der Waals surface area contributed by atoms with Crippen LogP contribution in [0.3, 0.4) is 0 Å². The molecule has 15 atom stereocenters. The summed E-state index contributed by atoms with van der Waals surface area (Å²) < 4.78 is 36.9. The van der Waals surface area contributed by atoms with Crippen LogP contribution in [0, 0.1) is 28.6 Å². The lowest BCUT2D eigenvalue weighted by Gasteiger charge is -2.72. The molecule has 1 heterocycles. The van der Waals surface area contributed by atoms with Crippen molar-refractivity contribution in [2.75, 3.05) is 48.1 Å². The molecule has 1 unspecified atom stereocenters. The van der Waals surface area contributed by atoms with Crippen LogP contribution >= 0.6 is 0 Å². The number of ether oxygens (including phenoxy) is 6. The number of benzene rings is 1. The summed E-state index contributed by atoms with van der Waals surface area (Å²) in [7, 11) is 5.94. The van der Waals surface area contributed by atoms with E-state index in [1.165, 1.54) is 28.3 Å². The first-order valence-corrected chi connectivity index (χ1v) is 16.4. The maximum atomic E-state index is 13.8. The maximum absolute atomic E-state index is 13.8. The molecule has 4 N–H and O–H groups in total. The Morgan fingerprint density at radius 3 is 2.26 bits per heavy atom. The van der Waals surface area contributed by atoms with E-state index < -0.39 is 106 Å². The molecule has 7 rings (SSSR count). The van der Waals surface area contributed by atoms with Crippen molar-refractivity contribution >= 4 is 11.9 Å². The normalized spacial score (nSPS) is 50.7. The number of hydrogen-bond donors (Lipinski definition) is 4. The summed E-state index contributed by atoms with van der Waals surface area (Å²) >= 11 is 0. The zero-order valence-corrected chi connectivity index (χ0v) is 27.7. The number of carbonyl (C=O) groups is 2. The third-order valence-electron chi connectivity index (χ3n) is 13.2. The van der Waals surface area contributed by atoms with E-state index in [0.29, 0.717) is 13.1 Å². The molecule has 6 fully saturated rings. The largest absolute Gasteiger partial charge is 0.455 e. The van der Waals surface area contributed by atoms with Gasteiger partial charge in [0, 0.05) is 83.5 Å². The summed E-state index contributed by atoms with van der Waals surface area (Å²) in [6.45, 7) is 4.15. The Hall–Kier alpha value is -2.20. The average Bonchev–Trinajstić information content (AvgIpc) is 3.39. The Morgan fingerprint density at radius 2 is 1.68 bits per heavy atom. The Kier molecular flexibility index (Phi) is 7.72. The number of rotatable bonds is 9. The summed E-state index contributed by atoms with van der Waals surface area (Å²) in [4.78, 5) is 29.2. The van der Waals surface area contributed by atoms with Crippen molar-refractivity contribution in [1.82, 2.24) is 4.90 Å². The average molecular weight is 662 g/mol. The van der Waals surface area contributed by atoms with Gasteiger partial charge in [-0.1, -0.05) is 25.1 Å². The second-order valence-electron chi connectivity index (χ2n) is 14.6. The van der Waals surface area contributed by atoms with E-state index in [9.17, 15) is 30.0 Å². The molecule has 0 amide bonds. The van der Waals surface area contributed by atoms with Gasteiger partial charge in [-0.2, -0.15) is 0 Å². The fraction of sp³-hybridized carbons (Fsp3) is 0.765. The van der Waals surface area contributed by atoms with Crippen LogP contribution < -0.4 is 0 Å². The third-order valence-corrected chi connectivity index (χ3v) is 13.2. The highest BCUT2D eigenvalue weighted by Crippen LogP contribution is 2.81. The van der Waals surface area contributed by atoms with Crippen molar-refractivity contribution in [1.29, 1.82) is 0 Å². The lowest BCUT2D eigenvalue weighted by atomic mass is 9.40. The number of hydrogen-bond acceptors (Lipinski definition) is 13. The number of aliphatic hydroxyl groups excluding tert-OH is 2. The van der Waals surface area contributed by atoms with Gasteiger partial charge in [0.2, 0.25) is 0 Å². The number of nitrogens with zero attached hydrogens (tertiary/aromatic N) is 1. The van der Waals surface area contributed by atoms with E-state index in [0.717, 1.165) is 0 Å². The Balaban J connectivity index is 1.57. The molecule has 13 heteroatoms. The van der Waals surface area contributed by atoms with Gasteiger partial charge in [0.1, 0.15) is 23.9 Å². The van der Waals surface area contributed by atoms with Gasteiger partial charge in [-0.05, 0) is 18.7 Å². The monoisotopic (exact) mass is 661 g/mol. The first-order valence-electron chi connectivity index (χ1n) is 16.4. The minimum Gasteiger partial charge on any atom is -0.455 e. The maximum Gasteiger partial charge on any atom is 0.338 e. The van der Waals surface area contributed by atoms with Crippen molar-refractivity contribution in [3.63, 3.8) is 0 Å². The fourth-order valence-corrected chi connectivity index (χ4v) is 12.3. The summed E-state index contributed by atoms with van der Waals surface area (Å²) in [6, 6.07) is 7.64. The molecule has 1 aromatic carbocycles. The van der Waals surface area contributed by atoms with Gasteiger partial charge in [0.15, 0.2) is 5.60 Å². The highest BCUT2D eigenvalue weighted by molar-refractivity contribution is 5.89. The van der Waals surface area contributed by atoms with Crippen molar-refractivity contribution in [3.8, 4) is 0 Å². The van der Waals surface area contributed by atoms with E-state index in [1.54, 1.807) is 37.4 Å². The minimum atomic E-state index is -2.12. The summed E-state index contributed by atoms with van der Waals surface area (Å²) in [6.07, 6.45) is -7.38. The van der Waals surface area contributed by atoms with Crippen molar-refractivity contribution in [3.05, 3.63) is 35.9 Å². The second-order valence-corrected chi connectivity index (χ2v) is 14.6. The van der Waals surface area contributed by atoms with Gasteiger partial charge in [-0.25, -0.2) is 4.79 Å². The molecule has 260 valence electrons. The van der Waals surface area contributed by atoms with E-state index in [1.807, 2.05) is 6.92 Å². The molecule has 7 bridgehead atoms. The molecule has 1 aromatic rings. The van der Waals surface area contributed by atoms with Gasteiger partial charge in [-0.3, -0.25) is 9.69 Å². The third kappa shape index (κ3) is 3.65. The predicted octanol–water partition coefficient (Wildman–Crippen LogP) is -0.237. The molecule has 1 spiro atoms. The van der Waals surface area contributed by atoms with Gasteiger partial charge in [0.25, 0.3) is 0 Å². The highest BCUT2D eigenvalue weighted by atomic mass is 16.6. The lowest BCUT2D eigenvalue weighted by molar-refractivity contribution is -0.355. The van der Waals surface area contributed by atoms with Crippen LogP contribution in [0.5, 0.6) is 0 Å². The molecule has 6 aliphatic rings. The summed E-state index contributed by atoms with van der Waals surface area (Å²) in [5, 5.41) is 51.1. The first-order chi connectivity index (χ1) is 22.3. The Morgan fingerprint density at radius 1 is 0.979 bits per heavy atom. The second kappa shape index (κ2) is 10.9. The Labute approximate surface area is 274 Å². The number of carbonyl (C=O) groups excluding carboxylic acids is 2. The zero-order valence-electron chi connectivity index (χ0n) is 27.7. The molecule has 1 saturated heterocycles. The van der Waals surface area contributed by atoms with Crippen molar-refractivity contribution in [2.24, 2.45) is 28.6 Å². The molecule has 5 saturated carbocycles. The first kappa shape index (κ1) is 33.3. The van der Waals surface area contributed by atoms with Crippen molar-refractivity contribution < 1.29 is 58.4 Å².